The summed E-state index contributed by atoms with van der Waals surface area (Å²) < 4.78 is 28.5. The van der Waals surface area contributed by atoms with E-state index in [1.54, 1.807) is 66.7 Å². The maximum Gasteiger partial charge on any atom is 0.264 e. The van der Waals surface area contributed by atoms with Crippen LogP contribution in [0.25, 0.3) is 0 Å². The molecule has 0 radical (unpaired) electrons. The zero-order valence-corrected chi connectivity index (χ0v) is 23.6. The van der Waals surface area contributed by atoms with E-state index >= 15 is 0 Å². The fraction of sp³-hybridized carbons (Fsp3) is 0.286. The van der Waals surface area contributed by atoms with Crippen molar-refractivity contribution in [1.29, 1.82) is 0 Å². The number of carbonyl (C=O) groups is 2. The number of benzene rings is 3. The normalized spacial score (nSPS) is 12.0. The Hall–Kier alpha value is -3.07. The van der Waals surface area contributed by atoms with Crippen molar-refractivity contribution >= 4 is 50.7 Å². The Balaban J connectivity index is 2.02. The molecule has 7 nitrogen and oxygen atoms in total. The van der Waals surface area contributed by atoms with Crippen LogP contribution in [0.15, 0.2) is 83.8 Å². The van der Waals surface area contributed by atoms with E-state index in [0.717, 1.165) is 16.3 Å². The van der Waals surface area contributed by atoms with Crippen LogP contribution < -0.4 is 9.62 Å². The quantitative estimate of drug-likeness (QED) is 0.308. The number of carbonyl (C=O) groups excluding carboxylic acids is 2. The van der Waals surface area contributed by atoms with Gasteiger partial charge in [0.1, 0.15) is 12.6 Å². The lowest BCUT2D eigenvalue weighted by Gasteiger charge is -2.33. The third-order valence-corrected chi connectivity index (χ3v) is 8.22. The minimum absolute atomic E-state index is 0.0414. The van der Waals surface area contributed by atoms with Gasteiger partial charge in [-0.05, 0) is 66.9 Å². The smallest absolute Gasteiger partial charge is 0.264 e. The summed E-state index contributed by atoms with van der Waals surface area (Å²) in [6.07, 6.45) is 1.09. The molecule has 0 heterocycles. The van der Waals surface area contributed by atoms with Gasteiger partial charge in [0.05, 0.1) is 10.6 Å². The van der Waals surface area contributed by atoms with Crippen molar-refractivity contribution in [1.82, 2.24) is 10.2 Å². The van der Waals surface area contributed by atoms with E-state index in [9.17, 15) is 18.0 Å². The molecule has 38 heavy (non-hydrogen) atoms. The highest BCUT2D eigenvalue weighted by molar-refractivity contribution is 7.92. The van der Waals surface area contributed by atoms with Gasteiger partial charge in [-0.15, -0.1) is 0 Å². The molecule has 1 N–H and O–H groups in total. The van der Waals surface area contributed by atoms with Crippen molar-refractivity contribution in [3.05, 3.63) is 94.5 Å². The van der Waals surface area contributed by atoms with Crippen LogP contribution in [-0.2, 0) is 26.2 Å². The third-order valence-electron chi connectivity index (χ3n) is 5.93. The van der Waals surface area contributed by atoms with Crippen molar-refractivity contribution in [2.24, 2.45) is 0 Å². The first-order chi connectivity index (χ1) is 18.2. The lowest BCUT2D eigenvalue weighted by atomic mass is 10.1. The maximum atomic E-state index is 13.9. The minimum atomic E-state index is -4.12. The summed E-state index contributed by atoms with van der Waals surface area (Å²) in [5.74, 6) is -0.812. The Morgan fingerprint density at radius 2 is 1.45 bits per heavy atom. The largest absolute Gasteiger partial charge is 0.354 e. The number of amides is 2. The number of nitrogens with one attached hydrogen (secondary N) is 1. The van der Waals surface area contributed by atoms with Crippen molar-refractivity contribution in [2.45, 2.75) is 44.2 Å². The number of anilines is 1. The molecule has 0 spiro atoms. The highest BCUT2D eigenvalue weighted by Gasteiger charge is 2.33. The van der Waals surface area contributed by atoms with Crippen LogP contribution >= 0.6 is 23.2 Å². The average Bonchev–Trinajstić information content (AvgIpc) is 2.92. The molecule has 1 atom stereocenters. The van der Waals surface area contributed by atoms with Gasteiger partial charge in [-0.2, -0.15) is 0 Å². The summed E-state index contributed by atoms with van der Waals surface area (Å²) >= 11 is 12.1. The molecular weight excluding hydrogens is 545 g/mol. The fourth-order valence-electron chi connectivity index (χ4n) is 3.93. The molecule has 202 valence electrons. The molecule has 2 amide bonds. The number of halogens is 2. The maximum absolute atomic E-state index is 13.9. The zero-order chi connectivity index (χ0) is 27.7. The number of nitrogens with zero attached hydrogens (tertiary/aromatic N) is 2. The van der Waals surface area contributed by atoms with Crippen LogP contribution in [0.4, 0.5) is 5.69 Å². The molecule has 0 aliphatic carbocycles. The highest BCUT2D eigenvalue weighted by atomic mass is 35.5. The van der Waals surface area contributed by atoms with E-state index in [1.807, 2.05) is 13.8 Å². The number of sulfonamides is 1. The van der Waals surface area contributed by atoms with Gasteiger partial charge in [-0.1, -0.05) is 67.4 Å². The van der Waals surface area contributed by atoms with E-state index in [1.165, 1.54) is 17.0 Å². The standard InChI is InChI=1S/C28H31Cl2N3O4S/c1-3-18-31-28(35)26(4-2)32(19-21-10-12-22(29)13-11-21)27(34)20-33(24-16-14-23(30)15-17-24)38(36,37)25-8-6-5-7-9-25/h5-17,26H,3-4,18-20H2,1-2H3,(H,31,35). The first-order valence-electron chi connectivity index (χ1n) is 12.3. The molecule has 0 saturated heterocycles. The average molecular weight is 577 g/mol. The summed E-state index contributed by atoms with van der Waals surface area (Å²) in [5.41, 5.74) is 1.04. The van der Waals surface area contributed by atoms with E-state index in [0.29, 0.717) is 23.0 Å². The van der Waals surface area contributed by atoms with Crippen LogP contribution in [0.2, 0.25) is 10.0 Å². The fourth-order valence-corrected chi connectivity index (χ4v) is 5.61. The van der Waals surface area contributed by atoms with E-state index in [4.69, 9.17) is 23.2 Å². The molecule has 3 aromatic rings. The molecule has 0 saturated carbocycles. The molecule has 3 rings (SSSR count). The van der Waals surface area contributed by atoms with Crippen LogP contribution in [0.3, 0.4) is 0 Å². The van der Waals surface area contributed by atoms with Gasteiger partial charge in [0.2, 0.25) is 11.8 Å². The van der Waals surface area contributed by atoms with Crippen molar-refractivity contribution in [3.63, 3.8) is 0 Å². The molecule has 0 bridgehead atoms. The van der Waals surface area contributed by atoms with Crippen LogP contribution in [0.1, 0.15) is 32.3 Å². The lowest BCUT2D eigenvalue weighted by Crippen LogP contribution is -2.52. The van der Waals surface area contributed by atoms with E-state index < -0.39 is 28.5 Å². The SMILES string of the molecule is CCCNC(=O)C(CC)N(Cc1ccc(Cl)cc1)C(=O)CN(c1ccc(Cl)cc1)S(=O)(=O)c1ccccc1. The van der Waals surface area contributed by atoms with Gasteiger partial charge < -0.3 is 10.2 Å². The molecular formula is C28H31Cl2N3O4S. The monoisotopic (exact) mass is 575 g/mol. The van der Waals surface area contributed by atoms with Gasteiger partial charge in [-0.25, -0.2) is 8.42 Å². The lowest BCUT2D eigenvalue weighted by molar-refractivity contribution is -0.140. The number of hydrogen-bond acceptors (Lipinski definition) is 4. The predicted molar refractivity (Wildman–Crippen MR) is 152 cm³/mol. The molecule has 0 aromatic heterocycles. The Bertz CT molecular complexity index is 1320. The second-order valence-corrected chi connectivity index (χ2v) is 11.4. The predicted octanol–water partition coefficient (Wildman–Crippen LogP) is 5.52. The first kappa shape index (κ1) is 29.5. The highest BCUT2D eigenvalue weighted by Crippen LogP contribution is 2.26. The molecule has 10 heteroatoms. The van der Waals surface area contributed by atoms with Crippen molar-refractivity contribution < 1.29 is 18.0 Å². The first-order valence-corrected chi connectivity index (χ1v) is 14.5. The molecule has 0 aliphatic rings. The third kappa shape index (κ3) is 7.49. The summed E-state index contributed by atoms with van der Waals surface area (Å²) in [4.78, 5) is 28.4. The van der Waals surface area contributed by atoms with Gasteiger partial charge >= 0.3 is 0 Å². The van der Waals surface area contributed by atoms with E-state index in [-0.39, 0.29) is 23.0 Å². The number of rotatable bonds is 12. The summed E-state index contributed by atoms with van der Waals surface area (Å²) in [5, 5.41) is 3.83. The number of hydrogen-bond donors (Lipinski definition) is 1. The summed E-state index contributed by atoms with van der Waals surface area (Å²) in [7, 11) is -4.12. The summed E-state index contributed by atoms with van der Waals surface area (Å²) in [6.45, 7) is 3.82. The van der Waals surface area contributed by atoms with Crippen LogP contribution in [0, 0.1) is 0 Å². The Morgan fingerprint density at radius 1 is 0.868 bits per heavy atom. The van der Waals surface area contributed by atoms with Crippen LogP contribution in [0.5, 0.6) is 0 Å². The van der Waals surface area contributed by atoms with Gasteiger partial charge in [0.25, 0.3) is 10.0 Å². The molecule has 0 fully saturated rings. The van der Waals surface area contributed by atoms with Crippen molar-refractivity contribution in [3.8, 4) is 0 Å². The molecule has 3 aromatic carbocycles. The second kappa shape index (κ2) is 13.6. The Morgan fingerprint density at radius 3 is 2.00 bits per heavy atom. The van der Waals surface area contributed by atoms with Gasteiger partial charge in [-0.3, -0.25) is 13.9 Å². The van der Waals surface area contributed by atoms with Crippen LogP contribution in [-0.4, -0.2) is 44.3 Å². The van der Waals surface area contributed by atoms with E-state index in [2.05, 4.69) is 5.32 Å². The Kier molecular flexibility index (Phi) is 10.6. The molecule has 1 unspecified atom stereocenters. The van der Waals surface area contributed by atoms with Gasteiger partial charge in [0.15, 0.2) is 0 Å². The minimum Gasteiger partial charge on any atom is -0.354 e. The van der Waals surface area contributed by atoms with Gasteiger partial charge in [0, 0.05) is 23.1 Å². The second-order valence-electron chi connectivity index (χ2n) is 8.66. The topological polar surface area (TPSA) is 86.8 Å². The summed E-state index contributed by atoms with van der Waals surface area (Å²) in [6, 6.07) is 20.3. The van der Waals surface area contributed by atoms with Crippen molar-refractivity contribution in [2.75, 3.05) is 17.4 Å². The molecule has 0 aliphatic heterocycles. The Labute approximate surface area is 234 Å². The zero-order valence-electron chi connectivity index (χ0n) is 21.3.